The molecule has 1 heterocycles. The van der Waals surface area contributed by atoms with E-state index in [-0.39, 0.29) is 23.7 Å². The number of carbonyl (C=O) groups is 2. The quantitative estimate of drug-likeness (QED) is 0.839. The van der Waals surface area contributed by atoms with Crippen LogP contribution in [0.2, 0.25) is 0 Å². The third-order valence-electron chi connectivity index (χ3n) is 4.24. The Hall–Kier alpha value is -1.95. The molecular weight excluding hydrogens is 311 g/mol. The number of carbonyl (C=O) groups excluding carboxylic acids is 2. The van der Waals surface area contributed by atoms with E-state index < -0.39 is 5.97 Å². The Kier molecular flexibility index (Phi) is 6.31. The SMILES string of the molecule is COC(=O)c1ccc(F)c(CN2CCCC(NC(=O)C(C)C)C2)c1. The summed E-state index contributed by atoms with van der Waals surface area (Å²) in [6.07, 6.45) is 1.88. The smallest absolute Gasteiger partial charge is 0.337 e. The van der Waals surface area contributed by atoms with Gasteiger partial charge < -0.3 is 10.1 Å². The van der Waals surface area contributed by atoms with Crippen LogP contribution in [0.3, 0.4) is 0 Å². The standard InChI is InChI=1S/C18H25FN2O3/c1-12(2)17(22)20-15-5-4-8-21(11-15)10-14-9-13(18(23)24-3)6-7-16(14)19/h6-7,9,12,15H,4-5,8,10-11H2,1-3H3,(H,20,22). The molecule has 1 N–H and O–H groups in total. The van der Waals surface area contributed by atoms with Crippen LogP contribution in [-0.4, -0.2) is 43.0 Å². The zero-order chi connectivity index (χ0) is 17.7. The Balaban J connectivity index is 2.02. The second-order valence-electron chi connectivity index (χ2n) is 6.54. The Morgan fingerprint density at radius 2 is 2.17 bits per heavy atom. The van der Waals surface area contributed by atoms with Gasteiger partial charge in [0.15, 0.2) is 0 Å². The fourth-order valence-corrected chi connectivity index (χ4v) is 2.87. The molecule has 1 aliphatic heterocycles. The molecule has 1 aliphatic rings. The summed E-state index contributed by atoms with van der Waals surface area (Å²) < 4.78 is 18.7. The van der Waals surface area contributed by atoms with Crippen molar-refractivity contribution in [2.45, 2.75) is 39.3 Å². The molecule has 1 aromatic carbocycles. The van der Waals surface area contributed by atoms with E-state index in [2.05, 4.69) is 15.0 Å². The number of nitrogens with one attached hydrogen (secondary N) is 1. The van der Waals surface area contributed by atoms with Gasteiger partial charge in [-0.25, -0.2) is 9.18 Å². The van der Waals surface area contributed by atoms with Crippen molar-refractivity contribution in [1.29, 1.82) is 0 Å². The molecular formula is C18H25FN2O3. The molecule has 24 heavy (non-hydrogen) atoms. The van der Waals surface area contributed by atoms with Gasteiger partial charge in [-0.1, -0.05) is 13.8 Å². The summed E-state index contributed by atoms with van der Waals surface area (Å²) in [5.41, 5.74) is 0.810. The molecule has 5 nitrogen and oxygen atoms in total. The molecule has 0 aromatic heterocycles. The molecule has 132 valence electrons. The lowest BCUT2D eigenvalue weighted by molar-refractivity contribution is -0.125. The van der Waals surface area contributed by atoms with Crippen LogP contribution in [0.15, 0.2) is 18.2 Å². The molecule has 0 bridgehead atoms. The number of nitrogens with zero attached hydrogens (tertiary/aromatic N) is 1. The molecule has 1 fully saturated rings. The molecule has 6 heteroatoms. The number of ether oxygens (including phenoxy) is 1. The Morgan fingerprint density at radius 3 is 2.83 bits per heavy atom. The van der Waals surface area contributed by atoms with Crippen molar-refractivity contribution in [2.75, 3.05) is 20.2 Å². The van der Waals surface area contributed by atoms with Gasteiger partial charge in [0.05, 0.1) is 12.7 Å². The highest BCUT2D eigenvalue weighted by Crippen LogP contribution is 2.18. The number of esters is 1. The van der Waals surface area contributed by atoms with Gasteiger partial charge in [0.2, 0.25) is 5.91 Å². The van der Waals surface area contributed by atoms with Gasteiger partial charge in [-0.2, -0.15) is 0 Å². The highest BCUT2D eigenvalue weighted by molar-refractivity contribution is 5.89. The van der Waals surface area contributed by atoms with Gasteiger partial charge in [-0.3, -0.25) is 9.69 Å². The van der Waals surface area contributed by atoms with Crippen LogP contribution in [0.1, 0.15) is 42.6 Å². The number of halogens is 1. The van der Waals surface area contributed by atoms with Gasteiger partial charge >= 0.3 is 5.97 Å². The van der Waals surface area contributed by atoms with Gasteiger partial charge in [0.1, 0.15) is 5.82 Å². The summed E-state index contributed by atoms with van der Waals surface area (Å²) >= 11 is 0. The minimum absolute atomic E-state index is 0.0423. The van der Waals surface area contributed by atoms with E-state index >= 15 is 0 Å². The Morgan fingerprint density at radius 1 is 1.42 bits per heavy atom. The normalized spacial score (nSPS) is 18.5. The van der Waals surface area contributed by atoms with E-state index in [0.717, 1.165) is 19.4 Å². The topological polar surface area (TPSA) is 58.6 Å². The number of benzene rings is 1. The lowest BCUT2D eigenvalue weighted by Gasteiger charge is -2.33. The molecule has 0 saturated carbocycles. The number of amides is 1. The first-order chi connectivity index (χ1) is 11.4. The van der Waals surface area contributed by atoms with E-state index in [1.807, 2.05) is 13.8 Å². The fourth-order valence-electron chi connectivity index (χ4n) is 2.87. The largest absolute Gasteiger partial charge is 0.465 e. The van der Waals surface area contributed by atoms with Crippen LogP contribution in [-0.2, 0) is 16.1 Å². The van der Waals surface area contributed by atoms with Gasteiger partial charge in [-0.15, -0.1) is 0 Å². The summed E-state index contributed by atoms with van der Waals surface area (Å²) in [6.45, 7) is 5.66. The monoisotopic (exact) mass is 336 g/mol. The first-order valence-electron chi connectivity index (χ1n) is 8.30. The van der Waals surface area contributed by atoms with Crippen molar-refractivity contribution in [1.82, 2.24) is 10.2 Å². The highest BCUT2D eigenvalue weighted by Gasteiger charge is 2.23. The fraction of sp³-hybridized carbons (Fsp3) is 0.556. The average molecular weight is 336 g/mol. The van der Waals surface area contributed by atoms with Crippen molar-refractivity contribution < 1.29 is 18.7 Å². The third-order valence-corrected chi connectivity index (χ3v) is 4.24. The number of piperidine rings is 1. The van der Waals surface area contributed by atoms with Crippen molar-refractivity contribution in [3.05, 3.63) is 35.1 Å². The Bertz CT molecular complexity index is 604. The number of hydrogen-bond donors (Lipinski definition) is 1. The number of methoxy groups -OCH3 is 1. The van der Waals surface area contributed by atoms with Crippen molar-refractivity contribution in [2.24, 2.45) is 5.92 Å². The summed E-state index contributed by atoms with van der Waals surface area (Å²) in [4.78, 5) is 25.5. The van der Waals surface area contributed by atoms with Gasteiger partial charge in [0, 0.05) is 30.6 Å². The van der Waals surface area contributed by atoms with Gasteiger partial charge in [0.25, 0.3) is 0 Å². The average Bonchev–Trinajstić information content (AvgIpc) is 2.56. The van der Waals surface area contributed by atoms with E-state index in [1.165, 1.54) is 25.3 Å². The lowest BCUT2D eigenvalue weighted by Crippen LogP contribution is -2.48. The number of hydrogen-bond acceptors (Lipinski definition) is 4. The first-order valence-corrected chi connectivity index (χ1v) is 8.30. The minimum atomic E-state index is -0.475. The van der Waals surface area contributed by atoms with Crippen LogP contribution >= 0.6 is 0 Å². The summed E-state index contributed by atoms with van der Waals surface area (Å²) in [7, 11) is 1.30. The molecule has 1 unspecified atom stereocenters. The molecule has 2 rings (SSSR count). The van der Waals surface area contributed by atoms with Crippen LogP contribution < -0.4 is 5.32 Å². The van der Waals surface area contributed by atoms with Crippen LogP contribution in [0, 0.1) is 11.7 Å². The van der Waals surface area contributed by atoms with E-state index in [4.69, 9.17) is 0 Å². The summed E-state index contributed by atoms with van der Waals surface area (Å²) in [5.74, 6) is -0.816. The maximum Gasteiger partial charge on any atom is 0.337 e. The number of likely N-dealkylation sites (tertiary alicyclic amines) is 1. The molecule has 0 radical (unpaired) electrons. The Labute approximate surface area is 142 Å². The van der Waals surface area contributed by atoms with Crippen molar-refractivity contribution >= 4 is 11.9 Å². The van der Waals surface area contributed by atoms with Crippen LogP contribution in [0.4, 0.5) is 4.39 Å². The lowest BCUT2D eigenvalue weighted by atomic mass is 10.0. The zero-order valence-corrected chi connectivity index (χ0v) is 14.5. The third kappa shape index (κ3) is 4.77. The van der Waals surface area contributed by atoms with Crippen LogP contribution in [0.5, 0.6) is 0 Å². The molecule has 1 aromatic rings. The molecule has 1 atom stereocenters. The first kappa shape index (κ1) is 18.4. The molecule has 0 spiro atoms. The van der Waals surface area contributed by atoms with E-state index in [1.54, 1.807) is 0 Å². The van der Waals surface area contributed by atoms with E-state index in [0.29, 0.717) is 24.2 Å². The summed E-state index contributed by atoms with van der Waals surface area (Å²) in [6, 6.07) is 4.34. The molecule has 1 saturated heterocycles. The second kappa shape index (κ2) is 8.24. The second-order valence-corrected chi connectivity index (χ2v) is 6.54. The predicted octanol–water partition coefficient (Wildman–Crippen LogP) is 2.35. The maximum atomic E-state index is 14.1. The van der Waals surface area contributed by atoms with Crippen molar-refractivity contribution in [3.8, 4) is 0 Å². The number of rotatable bonds is 5. The van der Waals surface area contributed by atoms with E-state index in [9.17, 15) is 14.0 Å². The molecule has 0 aliphatic carbocycles. The van der Waals surface area contributed by atoms with Crippen LogP contribution in [0.25, 0.3) is 0 Å². The summed E-state index contributed by atoms with van der Waals surface area (Å²) in [5, 5.41) is 3.04. The highest BCUT2D eigenvalue weighted by atomic mass is 19.1. The zero-order valence-electron chi connectivity index (χ0n) is 14.5. The molecule has 1 amide bonds. The maximum absolute atomic E-state index is 14.1. The van der Waals surface area contributed by atoms with Gasteiger partial charge in [-0.05, 0) is 37.6 Å². The predicted molar refractivity (Wildman–Crippen MR) is 89.0 cm³/mol. The van der Waals surface area contributed by atoms with Crippen molar-refractivity contribution in [3.63, 3.8) is 0 Å². The minimum Gasteiger partial charge on any atom is -0.465 e.